The summed E-state index contributed by atoms with van der Waals surface area (Å²) >= 11 is 4.85. The van der Waals surface area contributed by atoms with Gasteiger partial charge in [0.2, 0.25) is 0 Å². The fourth-order valence-corrected chi connectivity index (χ4v) is 4.13. The smallest absolute Gasteiger partial charge is 0.280 e. The van der Waals surface area contributed by atoms with Crippen LogP contribution in [-0.4, -0.2) is 24.7 Å². The van der Waals surface area contributed by atoms with Crippen molar-refractivity contribution in [3.8, 4) is 11.5 Å². The first kappa shape index (κ1) is 17.7. The molecule has 1 aromatic heterocycles. The molecule has 5 nitrogen and oxygen atoms in total. The minimum absolute atomic E-state index is 0.278. The Bertz CT molecular complexity index is 1010. The van der Waals surface area contributed by atoms with E-state index in [-0.39, 0.29) is 5.91 Å². The molecule has 25 heavy (non-hydrogen) atoms. The Balaban J connectivity index is 2.19. The number of nitrogens with zero attached hydrogens (tertiary/aromatic N) is 2. The molecule has 1 amide bonds. The van der Waals surface area contributed by atoms with Crippen LogP contribution in [0.3, 0.4) is 0 Å². The molecule has 0 aliphatic heterocycles. The lowest BCUT2D eigenvalue weighted by Gasteiger charge is -2.08. The van der Waals surface area contributed by atoms with E-state index in [0.29, 0.717) is 28.4 Å². The highest BCUT2D eigenvalue weighted by atomic mass is 79.9. The Kier molecular flexibility index (Phi) is 5.24. The Morgan fingerprint density at radius 1 is 1.20 bits per heavy atom. The molecule has 0 saturated carbocycles. The zero-order valence-corrected chi connectivity index (χ0v) is 16.5. The van der Waals surface area contributed by atoms with Gasteiger partial charge in [-0.2, -0.15) is 4.99 Å². The average Bonchev–Trinajstić information content (AvgIpc) is 2.96. The van der Waals surface area contributed by atoms with Crippen LogP contribution in [0.5, 0.6) is 11.5 Å². The van der Waals surface area contributed by atoms with Gasteiger partial charge in [-0.15, -0.1) is 0 Å². The molecule has 3 rings (SSSR count). The number of aryl methyl sites for hydroxylation is 1. The Labute approximate surface area is 157 Å². The lowest BCUT2D eigenvalue weighted by molar-refractivity contribution is 0.0997. The number of fused-ring (bicyclic) bond motifs is 1. The summed E-state index contributed by atoms with van der Waals surface area (Å²) in [7, 11) is 3.21. The van der Waals surface area contributed by atoms with Crippen molar-refractivity contribution >= 4 is 43.4 Å². The van der Waals surface area contributed by atoms with E-state index < -0.39 is 0 Å². The molecule has 0 saturated heterocycles. The summed E-state index contributed by atoms with van der Waals surface area (Å²) < 4.78 is 14.5. The highest BCUT2D eigenvalue weighted by Gasteiger charge is 2.13. The third-order valence-electron chi connectivity index (χ3n) is 3.81. The van der Waals surface area contributed by atoms with E-state index in [0.717, 1.165) is 14.7 Å². The molecule has 0 aliphatic carbocycles. The van der Waals surface area contributed by atoms with Crippen molar-refractivity contribution in [2.75, 3.05) is 14.2 Å². The molecule has 0 bridgehead atoms. The molecular weight excluding hydrogens is 404 g/mol. The number of rotatable bonds is 4. The molecule has 2 aromatic carbocycles. The number of benzene rings is 2. The fourth-order valence-electron chi connectivity index (χ4n) is 2.57. The molecule has 1 heterocycles. The quantitative estimate of drug-likeness (QED) is 0.633. The van der Waals surface area contributed by atoms with Gasteiger partial charge < -0.3 is 14.0 Å². The number of methoxy groups -OCH3 is 2. The first-order valence-corrected chi connectivity index (χ1v) is 9.29. The van der Waals surface area contributed by atoms with Crippen LogP contribution in [0.25, 0.3) is 10.2 Å². The van der Waals surface area contributed by atoms with Crippen LogP contribution in [0, 0.1) is 0 Å². The SMILES string of the molecule is CCn1c(=NC(=O)c2ccccc2Br)sc2cc(OC)c(OC)cc21. The molecule has 130 valence electrons. The van der Waals surface area contributed by atoms with Gasteiger partial charge in [-0.3, -0.25) is 4.79 Å². The molecule has 0 fully saturated rings. The number of halogens is 1. The van der Waals surface area contributed by atoms with Gasteiger partial charge in [0, 0.05) is 23.2 Å². The van der Waals surface area contributed by atoms with Crippen molar-refractivity contribution in [1.29, 1.82) is 0 Å². The number of carbonyl (C=O) groups is 1. The second kappa shape index (κ2) is 7.41. The summed E-state index contributed by atoms with van der Waals surface area (Å²) in [5.74, 6) is 1.03. The van der Waals surface area contributed by atoms with Crippen LogP contribution >= 0.6 is 27.3 Å². The molecule has 0 atom stereocenters. The van der Waals surface area contributed by atoms with Gasteiger partial charge in [0.25, 0.3) is 5.91 Å². The lowest BCUT2D eigenvalue weighted by atomic mass is 10.2. The van der Waals surface area contributed by atoms with Crippen molar-refractivity contribution < 1.29 is 14.3 Å². The van der Waals surface area contributed by atoms with Crippen molar-refractivity contribution in [3.63, 3.8) is 0 Å². The van der Waals surface area contributed by atoms with Gasteiger partial charge >= 0.3 is 0 Å². The molecule has 7 heteroatoms. The number of hydrogen-bond acceptors (Lipinski definition) is 4. The number of hydrogen-bond donors (Lipinski definition) is 0. The summed E-state index contributed by atoms with van der Waals surface area (Å²) in [6.45, 7) is 2.71. The lowest BCUT2D eigenvalue weighted by Crippen LogP contribution is -2.16. The van der Waals surface area contributed by atoms with E-state index in [1.54, 1.807) is 20.3 Å². The molecule has 0 aliphatic rings. The third kappa shape index (κ3) is 3.34. The van der Waals surface area contributed by atoms with E-state index >= 15 is 0 Å². The summed E-state index contributed by atoms with van der Waals surface area (Å²) in [6.07, 6.45) is 0. The Morgan fingerprint density at radius 2 is 1.88 bits per heavy atom. The van der Waals surface area contributed by atoms with Crippen molar-refractivity contribution in [2.24, 2.45) is 4.99 Å². The first-order valence-electron chi connectivity index (χ1n) is 7.68. The zero-order chi connectivity index (χ0) is 18.0. The van der Waals surface area contributed by atoms with E-state index in [9.17, 15) is 4.79 Å². The number of amides is 1. The molecule has 0 radical (unpaired) electrons. The summed E-state index contributed by atoms with van der Waals surface area (Å²) in [6, 6.07) is 11.1. The van der Waals surface area contributed by atoms with E-state index in [1.165, 1.54) is 11.3 Å². The molecule has 0 N–H and O–H groups in total. The predicted octanol–water partition coefficient (Wildman–Crippen LogP) is 4.24. The fraction of sp³-hybridized carbons (Fsp3) is 0.222. The highest BCUT2D eigenvalue weighted by molar-refractivity contribution is 9.10. The van der Waals surface area contributed by atoms with Gasteiger partial charge in [0.15, 0.2) is 16.3 Å². The van der Waals surface area contributed by atoms with Crippen LogP contribution in [0.15, 0.2) is 45.9 Å². The third-order valence-corrected chi connectivity index (χ3v) is 5.54. The van der Waals surface area contributed by atoms with Crippen LogP contribution in [0.1, 0.15) is 17.3 Å². The number of carbonyl (C=O) groups excluding carboxylic acids is 1. The monoisotopic (exact) mass is 420 g/mol. The first-order chi connectivity index (χ1) is 12.1. The average molecular weight is 421 g/mol. The van der Waals surface area contributed by atoms with Crippen molar-refractivity contribution in [3.05, 3.63) is 51.2 Å². The highest BCUT2D eigenvalue weighted by Crippen LogP contribution is 2.33. The molecule has 3 aromatic rings. The second-order valence-corrected chi connectivity index (χ2v) is 7.06. The van der Waals surface area contributed by atoms with Crippen molar-refractivity contribution in [1.82, 2.24) is 4.57 Å². The van der Waals surface area contributed by atoms with E-state index in [1.807, 2.05) is 41.8 Å². The van der Waals surface area contributed by atoms with Crippen molar-refractivity contribution in [2.45, 2.75) is 13.5 Å². The number of ether oxygens (including phenoxy) is 2. The van der Waals surface area contributed by atoms with Gasteiger partial charge in [-0.25, -0.2) is 0 Å². The van der Waals surface area contributed by atoms with Crippen LogP contribution < -0.4 is 14.3 Å². The van der Waals surface area contributed by atoms with Crippen LogP contribution in [-0.2, 0) is 6.54 Å². The van der Waals surface area contributed by atoms with Gasteiger partial charge in [0.1, 0.15) is 0 Å². The van der Waals surface area contributed by atoms with Gasteiger partial charge in [-0.05, 0) is 35.0 Å². The second-order valence-electron chi connectivity index (χ2n) is 5.20. The standard InChI is InChI=1S/C18H17BrN2O3S/c1-4-21-13-9-14(23-2)15(24-3)10-16(13)25-18(21)20-17(22)11-7-5-6-8-12(11)19/h5-10H,4H2,1-3H3. The Hall–Kier alpha value is -2.12. The molecular formula is C18H17BrN2O3S. The maximum Gasteiger partial charge on any atom is 0.280 e. The summed E-state index contributed by atoms with van der Waals surface area (Å²) in [5, 5.41) is 0. The molecule has 0 unspecified atom stereocenters. The normalized spacial score (nSPS) is 11.8. The maximum absolute atomic E-state index is 12.6. The minimum Gasteiger partial charge on any atom is -0.493 e. The largest absolute Gasteiger partial charge is 0.493 e. The summed E-state index contributed by atoms with van der Waals surface area (Å²) in [5.41, 5.74) is 1.50. The maximum atomic E-state index is 12.6. The number of thiazole rings is 1. The van der Waals surface area contributed by atoms with Gasteiger partial charge in [0.05, 0.1) is 30.0 Å². The van der Waals surface area contributed by atoms with Crippen LogP contribution in [0.2, 0.25) is 0 Å². The van der Waals surface area contributed by atoms with Crippen LogP contribution in [0.4, 0.5) is 0 Å². The topological polar surface area (TPSA) is 52.8 Å². The van der Waals surface area contributed by atoms with E-state index in [4.69, 9.17) is 9.47 Å². The number of aromatic nitrogens is 1. The van der Waals surface area contributed by atoms with E-state index in [2.05, 4.69) is 20.9 Å². The minimum atomic E-state index is -0.278. The summed E-state index contributed by atoms with van der Waals surface area (Å²) in [4.78, 5) is 17.6. The zero-order valence-electron chi connectivity index (χ0n) is 14.1. The molecule has 0 spiro atoms. The van der Waals surface area contributed by atoms with Gasteiger partial charge in [-0.1, -0.05) is 23.5 Å². The predicted molar refractivity (Wildman–Crippen MR) is 103 cm³/mol. The Morgan fingerprint density at radius 3 is 2.52 bits per heavy atom.